The van der Waals surface area contributed by atoms with Gasteiger partial charge in [-0.3, -0.25) is 4.79 Å². The standard InChI is InChI=1S/C16H22O5/c1-4-20-15(17)14-10-12(14)11-21-16(18-2,19-3)13-8-6-5-7-9-13/h5-9,12,14H,4,10-11H2,1-3H3. The first-order valence-electron chi connectivity index (χ1n) is 7.13. The topological polar surface area (TPSA) is 54.0 Å². The highest BCUT2D eigenvalue weighted by Crippen LogP contribution is 2.41. The summed E-state index contributed by atoms with van der Waals surface area (Å²) in [6.45, 7) is 2.61. The monoisotopic (exact) mass is 294 g/mol. The molecule has 0 amide bonds. The number of carbonyl (C=O) groups is 1. The van der Waals surface area contributed by atoms with E-state index in [1.54, 1.807) is 0 Å². The molecule has 0 aliphatic heterocycles. The summed E-state index contributed by atoms with van der Waals surface area (Å²) in [7, 11) is 3.07. The molecule has 2 atom stereocenters. The molecule has 1 aromatic carbocycles. The van der Waals surface area contributed by atoms with Crippen LogP contribution in [0.1, 0.15) is 18.9 Å². The number of hydrogen-bond acceptors (Lipinski definition) is 5. The van der Waals surface area contributed by atoms with Gasteiger partial charge in [-0.25, -0.2) is 0 Å². The summed E-state index contributed by atoms with van der Waals surface area (Å²) < 4.78 is 21.7. The first kappa shape index (κ1) is 15.9. The van der Waals surface area contributed by atoms with Gasteiger partial charge in [-0.05, 0) is 19.3 Å². The molecule has 0 spiro atoms. The van der Waals surface area contributed by atoms with E-state index in [1.807, 2.05) is 37.3 Å². The number of esters is 1. The molecule has 0 aromatic heterocycles. The van der Waals surface area contributed by atoms with E-state index in [0.29, 0.717) is 13.2 Å². The highest BCUT2D eigenvalue weighted by molar-refractivity contribution is 5.75. The van der Waals surface area contributed by atoms with Gasteiger partial charge in [0.25, 0.3) is 0 Å². The molecule has 5 nitrogen and oxygen atoms in total. The fraction of sp³-hybridized carbons (Fsp3) is 0.562. The maximum absolute atomic E-state index is 11.6. The van der Waals surface area contributed by atoms with Crippen LogP contribution in [0.15, 0.2) is 30.3 Å². The highest BCUT2D eigenvalue weighted by Gasteiger charge is 2.46. The molecule has 0 N–H and O–H groups in total. The first-order chi connectivity index (χ1) is 10.2. The lowest BCUT2D eigenvalue weighted by Crippen LogP contribution is -2.35. The molecule has 2 rings (SSSR count). The minimum absolute atomic E-state index is 0.0628. The Bertz CT molecular complexity index is 455. The van der Waals surface area contributed by atoms with E-state index < -0.39 is 5.97 Å². The van der Waals surface area contributed by atoms with Gasteiger partial charge in [0.2, 0.25) is 0 Å². The van der Waals surface area contributed by atoms with Crippen molar-refractivity contribution in [3.63, 3.8) is 0 Å². The Morgan fingerprint density at radius 1 is 1.24 bits per heavy atom. The quantitative estimate of drug-likeness (QED) is 0.544. The van der Waals surface area contributed by atoms with Crippen molar-refractivity contribution in [3.05, 3.63) is 35.9 Å². The zero-order chi connectivity index (χ0) is 15.3. The summed E-state index contributed by atoms with van der Waals surface area (Å²) in [5.74, 6) is -1.28. The van der Waals surface area contributed by atoms with E-state index in [2.05, 4.69) is 0 Å². The van der Waals surface area contributed by atoms with Crippen molar-refractivity contribution in [1.29, 1.82) is 0 Å². The Morgan fingerprint density at radius 2 is 1.90 bits per heavy atom. The molecular weight excluding hydrogens is 272 g/mol. The van der Waals surface area contributed by atoms with Crippen LogP contribution in [-0.4, -0.2) is 33.4 Å². The third-order valence-electron chi connectivity index (χ3n) is 3.66. The fourth-order valence-electron chi connectivity index (χ4n) is 2.35. The molecule has 0 saturated heterocycles. The minimum Gasteiger partial charge on any atom is -0.466 e. The Kier molecular flexibility index (Phi) is 5.33. The third kappa shape index (κ3) is 3.61. The number of ether oxygens (including phenoxy) is 4. The lowest BCUT2D eigenvalue weighted by Gasteiger charge is -2.30. The van der Waals surface area contributed by atoms with Crippen molar-refractivity contribution >= 4 is 5.97 Å². The van der Waals surface area contributed by atoms with Gasteiger partial charge in [0.05, 0.1) is 19.1 Å². The predicted molar refractivity (Wildman–Crippen MR) is 76.3 cm³/mol. The molecule has 1 fully saturated rings. The Hall–Kier alpha value is -1.43. The largest absolute Gasteiger partial charge is 0.466 e. The van der Waals surface area contributed by atoms with Gasteiger partial charge < -0.3 is 18.9 Å². The lowest BCUT2D eigenvalue weighted by molar-refractivity contribution is -0.376. The number of hydrogen-bond donors (Lipinski definition) is 0. The van der Waals surface area contributed by atoms with Crippen LogP contribution in [0.3, 0.4) is 0 Å². The highest BCUT2D eigenvalue weighted by atomic mass is 16.9. The van der Waals surface area contributed by atoms with Crippen LogP contribution >= 0.6 is 0 Å². The molecule has 1 aliphatic carbocycles. The molecular formula is C16H22O5. The van der Waals surface area contributed by atoms with Crippen LogP contribution in [0, 0.1) is 11.8 Å². The van der Waals surface area contributed by atoms with E-state index in [-0.39, 0.29) is 17.8 Å². The molecule has 0 bridgehead atoms. The van der Waals surface area contributed by atoms with E-state index in [4.69, 9.17) is 18.9 Å². The van der Waals surface area contributed by atoms with Gasteiger partial charge in [-0.2, -0.15) is 0 Å². The van der Waals surface area contributed by atoms with Crippen LogP contribution in [0.5, 0.6) is 0 Å². The van der Waals surface area contributed by atoms with Gasteiger partial charge in [0.1, 0.15) is 0 Å². The Labute approximate surface area is 125 Å². The average Bonchev–Trinajstić information content (AvgIpc) is 3.30. The lowest BCUT2D eigenvalue weighted by atomic mass is 10.2. The molecule has 1 saturated carbocycles. The van der Waals surface area contributed by atoms with Crippen LogP contribution in [-0.2, 0) is 29.7 Å². The first-order valence-corrected chi connectivity index (χ1v) is 7.13. The molecule has 2 unspecified atom stereocenters. The zero-order valence-electron chi connectivity index (χ0n) is 12.7. The summed E-state index contributed by atoms with van der Waals surface area (Å²) in [6, 6.07) is 9.46. The summed E-state index contributed by atoms with van der Waals surface area (Å²) in [4.78, 5) is 11.6. The van der Waals surface area contributed by atoms with Gasteiger partial charge in [0, 0.05) is 19.8 Å². The maximum Gasteiger partial charge on any atom is 0.311 e. The van der Waals surface area contributed by atoms with Crippen LogP contribution in [0.25, 0.3) is 0 Å². The number of benzene rings is 1. The van der Waals surface area contributed by atoms with Gasteiger partial charge in [-0.15, -0.1) is 0 Å². The Balaban J connectivity index is 1.95. The van der Waals surface area contributed by atoms with Crippen molar-refractivity contribution < 1.29 is 23.7 Å². The van der Waals surface area contributed by atoms with E-state index in [9.17, 15) is 4.79 Å². The second-order valence-electron chi connectivity index (χ2n) is 5.00. The molecule has 0 heterocycles. The fourth-order valence-corrected chi connectivity index (χ4v) is 2.35. The van der Waals surface area contributed by atoms with Crippen LogP contribution < -0.4 is 0 Å². The molecule has 0 radical (unpaired) electrons. The van der Waals surface area contributed by atoms with Crippen molar-refractivity contribution in [2.24, 2.45) is 11.8 Å². The second kappa shape index (κ2) is 7.02. The molecule has 116 valence electrons. The van der Waals surface area contributed by atoms with E-state index in [0.717, 1.165) is 12.0 Å². The van der Waals surface area contributed by atoms with E-state index in [1.165, 1.54) is 14.2 Å². The molecule has 5 heteroatoms. The smallest absolute Gasteiger partial charge is 0.311 e. The van der Waals surface area contributed by atoms with Crippen LogP contribution in [0.2, 0.25) is 0 Å². The number of methoxy groups -OCH3 is 2. The molecule has 21 heavy (non-hydrogen) atoms. The summed E-state index contributed by atoms with van der Waals surface area (Å²) in [5.41, 5.74) is 0.781. The summed E-state index contributed by atoms with van der Waals surface area (Å²) in [5, 5.41) is 0. The average molecular weight is 294 g/mol. The Morgan fingerprint density at radius 3 is 2.48 bits per heavy atom. The molecule has 1 aromatic rings. The van der Waals surface area contributed by atoms with Gasteiger partial charge >= 0.3 is 11.9 Å². The SMILES string of the molecule is CCOC(=O)C1CC1COC(OC)(OC)c1ccccc1. The molecule has 1 aliphatic rings. The zero-order valence-corrected chi connectivity index (χ0v) is 12.7. The van der Waals surface area contributed by atoms with Crippen molar-refractivity contribution in [3.8, 4) is 0 Å². The second-order valence-corrected chi connectivity index (χ2v) is 5.00. The van der Waals surface area contributed by atoms with E-state index >= 15 is 0 Å². The van der Waals surface area contributed by atoms with Crippen molar-refractivity contribution in [2.75, 3.05) is 27.4 Å². The summed E-state index contributed by atoms with van der Waals surface area (Å²) >= 11 is 0. The maximum atomic E-state index is 11.6. The van der Waals surface area contributed by atoms with Crippen molar-refractivity contribution in [2.45, 2.75) is 19.3 Å². The van der Waals surface area contributed by atoms with Gasteiger partial charge in [0.15, 0.2) is 0 Å². The van der Waals surface area contributed by atoms with Gasteiger partial charge in [-0.1, -0.05) is 30.3 Å². The number of rotatable bonds is 8. The van der Waals surface area contributed by atoms with Crippen molar-refractivity contribution in [1.82, 2.24) is 0 Å². The minimum atomic E-state index is -1.23. The summed E-state index contributed by atoms with van der Waals surface area (Å²) in [6.07, 6.45) is 0.789. The van der Waals surface area contributed by atoms with Crippen LogP contribution in [0.4, 0.5) is 0 Å². The number of carbonyl (C=O) groups excluding carboxylic acids is 1. The third-order valence-corrected chi connectivity index (χ3v) is 3.66. The normalized spacial score (nSPS) is 21.1. The predicted octanol–water partition coefficient (Wildman–Crippen LogP) is 2.31.